The summed E-state index contributed by atoms with van der Waals surface area (Å²) in [6, 6.07) is 43.3. The van der Waals surface area contributed by atoms with Crippen LogP contribution in [-0.4, -0.2) is 34.2 Å². The Morgan fingerprint density at radius 1 is 0.548 bits per heavy atom. The molecule has 4 aromatic carbocycles. The number of ether oxygens (including phenoxy) is 2. The molecule has 0 spiro atoms. The lowest BCUT2D eigenvalue weighted by Crippen LogP contribution is -1.95. The van der Waals surface area contributed by atoms with Gasteiger partial charge in [-0.25, -0.2) is 15.0 Å². The number of H-pyrrole nitrogens is 1. The first kappa shape index (κ1) is 51.8. The van der Waals surface area contributed by atoms with Gasteiger partial charge in [0.25, 0.3) is 0 Å². The van der Waals surface area contributed by atoms with Crippen LogP contribution in [0, 0.1) is 48.5 Å². The third-order valence-corrected chi connectivity index (χ3v) is 8.77. The van der Waals surface area contributed by atoms with Gasteiger partial charge in [-0.2, -0.15) is 0 Å². The fraction of sp³-hybridized carbons (Fsp3) is 0.196. The number of rotatable bonds is 3. The van der Waals surface area contributed by atoms with Crippen LogP contribution in [0.5, 0.6) is 11.5 Å². The lowest BCUT2D eigenvalue weighted by atomic mass is 10.1. The van der Waals surface area contributed by atoms with Gasteiger partial charge in [0.1, 0.15) is 27.6 Å². The monoisotopic (exact) mass is 873 g/mol. The van der Waals surface area contributed by atoms with Crippen LogP contribution in [0.15, 0.2) is 152 Å². The first-order chi connectivity index (χ1) is 29.6. The smallest absolute Gasteiger partial charge is 0.141 e. The number of nitrogens with one attached hydrogen (secondary N) is 1. The number of halogens is 2. The number of hydrogen-bond acceptors (Lipinski definition) is 8. The topological polar surface area (TPSA) is 151 Å². The second-order valence-electron chi connectivity index (χ2n) is 14.0. The Kier molecular flexibility index (Phi) is 24.2. The molecule has 326 valence electrons. The van der Waals surface area contributed by atoms with E-state index < -0.39 is 0 Å². The molecule has 0 atom stereocenters. The van der Waals surface area contributed by atoms with E-state index in [0.717, 1.165) is 33.9 Å². The van der Waals surface area contributed by atoms with Crippen LogP contribution >= 0.6 is 23.2 Å². The average Bonchev–Trinajstić information content (AvgIpc) is 3.73. The van der Waals surface area contributed by atoms with Crippen molar-refractivity contribution in [2.45, 2.75) is 55.0 Å². The summed E-state index contributed by atoms with van der Waals surface area (Å²) < 4.78 is 9.94. The highest BCUT2D eigenvalue weighted by Crippen LogP contribution is 2.21. The molecule has 0 amide bonds. The van der Waals surface area contributed by atoms with E-state index in [1.807, 2.05) is 113 Å². The summed E-state index contributed by atoms with van der Waals surface area (Å²) in [7, 11) is 3.28. The van der Waals surface area contributed by atoms with E-state index in [4.69, 9.17) is 49.9 Å². The fourth-order valence-electron chi connectivity index (χ4n) is 4.97. The van der Waals surface area contributed by atoms with E-state index in [1.54, 1.807) is 44.8 Å². The molecular weight excluding hydrogens is 814 g/mol. The molecule has 4 aromatic heterocycles. The minimum atomic E-state index is 0.551. The van der Waals surface area contributed by atoms with E-state index in [-0.39, 0.29) is 0 Å². The number of fused-ring (bicyclic) bond motifs is 1. The van der Waals surface area contributed by atoms with Gasteiger partial charge in [0.15, 0.2) is 0 Å². The SMILES string of the molecule is COc1ccc(C)cc1.COc1ccc(C)cc1N.Cc1ccc(Cl)nc1.Cc1ccc(N)nc1.Cc1ccc2cc[nH]c2c1.Cc1cccc(CN)c1.Cc1cccc(Cl)n1. The maximum atomic E-state index is 5.61. The summed E-state index contributed by atoms with van der Waals surface area (Å²) in [6.07, 6.45) is 5.45. The summed E-state index contributed by atoms with van der Waals surface area (Å²) in [4.78, 5) is 14.8. The zero-order valence-electron chi connectivity index (χ0n) is 37.3. The second kappa shape index (κ2) is 29.0. The highest BCUT2D eigenvalue weighted by Gasteiger charge is 1.96. The Labute approximate surface area is 378 Å². The summed E-state index contributed by atoms with van der Waals surface area (Å²) in [5.74, 6) is 2.24. The molecule has 0 aliphatic rings. The van der Waals surface area contributed by atoms with E-state index >= 15 is 0 Å². The molecule has 0 aliphatic heterocycles. The van der Waals surface area contributed by atoms with Crippen molar-refractivity contribution < 1.29 is 9.47 Å². The number of benzene rings is 4. The fourth-order valence-corrected chi connectivity index (χ4v) is 5.29. The molecule has 8 aromatic rings. The summed E-state index contributed by atoms with van der Waals surface area (Å²) in [6.45, 7) is 14.7. The van der Waals surface area contributed by atoms with Crippen LogP contribution in [0.3, 0.4) is 0 Å². The van der Waals surface area contributed by atoms with E-state index in [2.05, 4.69) is 77.1 Å². The van der Waals surface area contributed by atoms with Crippen LogP contribution in [0.1, 0.15) is 44.6 Å². The largest absolute Gasteiger partial charge is 0.497 e. The number of aryl methyl sites for hydroxylation is 7. The molecular formula is C51H61Cl2N7O2. The molecule has 9 nitrogen and oxygen atoms in total. The van der Waals surface area contributed by atoms with Gasteiger partial charge >= 0.3 is 0 Å². The molecule has 11 heteroatoms. The van der Waals surface area contributed by atoms with Crippen LogP contribution in [0.2, 0.25) is 10.3 Å². The van der Waals surface area contributed by atoms with Gasteiger partial charge in [-0.3, -0.25) is 0 Å². The third-order valence-electron chi connectivity index (χ3n) is 8.33. The number of hydrogen-bond donors (Lipinski definition) is 4. The van der Waals surface area contributed by atoms with Crippen molar-refractivity contribution in [1.82, 2.24) is 19.9 Å². The maximum absolute atomic E-state index is 5.61. The lowest BCUT2D eigenvalue weighted by Gasteiger charge is -2.03. The third kappa shape index (κ3) is 22.3. The summed E-state index contributed by atoms with van der Waals surface area (Å²) in [5, 5.41) is 2.39. The Morgan fingerprint density at radius 3 is 1.63 bits per heavy atom. The number of anilines is 2. The molecule has 0 saturated heterocycles. The highest BCUT2D eigenvalue weighted by molar-refractivity contribution is 6.29. The van der Waals surface area contributed by atoms with Gasteiger partial charge in [-0.05, 0) is 142 Å². The number of nitrogens with zero attached hydrogens (tertiary/aromatic N) is 3. The number of methoxy groups -OCH3 is 2. The number of aromatic nitrogens is 4. The number of aromatic amines is 1. The second-order valence-corrected chi connectivity index (χ2v) is 14.8. The normalized spacial score (nSPS) is 9.48. The van der Waals surface area contributed by atoms with Crippen molar-refractivity contribution in [2.75, 3.05) is 25.7 Å². The van der Waals surface area contributed by atoms with Crippen LogP contribution in [0.4, 0.5) is 11.5 Å². The van der Waals surface area contributed by atoms with Crippen molar-refractivity contribution in [1.29, 1.82) is 0 Å². The molecule has 0 fully saturated rings. The summed E-state index contributed by atoms with van der Waals surface area (Å²) in [5.41, 5.74) is 27.7. The Bertz CT molecular complexity index is 2340. The Morgan fingerprint density at radius 2 is 1.15 bits per heavy atom. The molecule has 62 heavy (non-hydrogen) atoms. The number of nitrogens with two attached hydrogens (primary N) is 3. The molecule has 0 unspecified atom stereocenters. The first-order valence-corrected chi connectivity index (χ1v) is 20.5. The van der Waals surface area contributed by atoms with Gasteiger partial charge in [-0.1, -0.05) is 107 Å². The maximum Gasteiger partial charge on any atom is 0.141 e. The zero-order chi connectivity index (χ0) is 45.9. The van der Waals surface area contributed by atoms with Crippen molar-refractivity contribution in [3.63, 3.8) is 0 Å². The number of nitrogen functional groups attached to an aromatic ring is 2. The van der Waals surface area contributed by atoms with Gasteiger partial charge in [0.2, 0.25) is 0 Å². The van der Waals surface area contributed by atoms with Crippen molar-refractivity contribution in [3.8, 4) is 11.5 Å². The minimum absolute atomic E-state index is 0.551. The van der Waals surface area contributed by atoms with Crippen LogP contribution in [-0.2, 0) is 6.54 Å². The predicted octanol–water partition coefficient (Wildman–Crippen LogP) is 12.6. The molecule has 0 aliphatic carbocycles. The molecule has 7 N–H and O–H groups in total. The molecule has 4 heterocycles. The minimum Gasteiger partial charge on any atom is -0.497 e. The standard InChI is InChI=1S/C9H9N.C8H11NO.C8H11N.C8H10O.2C6H6ClN.C6H8N2/c1-7-2-3-8-4-5-10-9(8)6-7;1-6-3-4-8(10-2)7(9)5-6;1-7-3-2-4-8(5-7)6-9;1-7-3-5-8(9-2)6-4-7;1-5-2-3-6(7)8-4-5;1-5-3-2-4-6(7)8-5;1-5-2-3-6(7)8-4-5/h2-6,10H,1H3;3-5H,9H2,1-2H3;2-5H,6,9H2,1H3;3-6H,1-2H3;2*2-4H,1H3;2-4H,1H3,(H2,7,8). The Hall–Kier alpha value is -6.39. The molecule has 8 rings (SSSR count). The predicted molar refractivity (Wildman–Crippen MR) is 263 cm³/mol. The molecule has 0 radical (unpaired) electrons. The van der Waals surface area contributed by atoms with E-state index in [0.29, 0.717) is 28.4 Å². The van der Waals surface area contributed by atoms with Gasteiger partial charge in [0.05, 0.1) is 19.9 Å². The number of pyridine rings is 3. The van der Waals surface area contributed by atoms with Gasteiger partial charge in [-0.15, -0.1) is 0 Å². The van der Waals surface area contributed by atoms with Crippen molar-refractivity contribution in [2.24, 2.45) is 5.73 Å². The van der Waals surface area contributed by atoms with E-state index in [1.165, 1.54) is 33.2 Å². The van der Waals surface area contributed by atoms with Crippen molar-refractivity contribution >= 4 is 45.6 Å². The summed E-state index contributed by atoms with van der Waals surface area (Å²) >= 11 is 11.0. The Balaban J connectivity index is 0.000000249. The van der Waals surface area contributed by atoms with E-state index in [9.17, 15) is 0 Å². The lowest BCUT2D eigenvalue weighted by molar-refractivity contribution is 0.414. The first-order valence-electron chi connectivity index (χ1n) is 19.8. The van der Waals surface area contributed by atoms with Gasteiger partial charge in [0, 0.05) is 36.3 Å². The zero-order valence-corrected chi connectivity index (χ0v) is 38.8. The van der Waals surface area contributed by atoms with Crippen LogP contribution < -0.4 is 26.7 Å². The van der Waals surface area contributed by atoms with Crippen LogP contribution in [0.25, 0.3) is 10.9 Å². The quantitative estimate of drug-likeness (QED) is 0.101. The van der Waals surface area contributed by atoms with Crippen molar-refractivity contribution in [3.05, 3.63) is 207 Å². The average molecular weight is 875 g/mol. The highest BCUT2D eigenvalue weighted by atomic mass is 35.5. The van der Waals surface area contributed by atoms with Gasteiger partial charge < -0.3 is 31.7 Å². The molecule has 0 saturated carbocycles. The molecule has 0 bridgehead atoms.